The number of amides is 1. The molecule has 3 rings (SSSR count). The molecule has 3 aromatic carbocycles. The Morgan fingerprint density at radius 3 is 2.36 bits per heavy atom. The van der Waals surface area contributed by atoms with Gasteiger partial charge in [-0.05, 0) is 74.0 Å². The maximum atomic E-state index is 13.2. The van der Waals surface area contributed by atoms with Gasteiger partial charge in [-0.3, -0.25) is 4.79 Å². The third kappa shape index (κ3) is 4.54. The monoisotopic (exact) mass is 374 g/mol. The molecular weight excluding hydrogens is 355 g/mol. The number of hydrogen-bond acceptors (Lipinski definition) is 3. The number of halogens is 1. The summed E-state index contributed by atoms with van der Waals surface area (Å²) in [5.74, 6) is -0.0578. The molecule has 0 heterocycles. The molecule has 0 unspecified atom stereocenters. The molecule has 3 aromatic rings. The van der Waals surface area contributed by atoms with Crippen molar-refractivity contribution in [3.8, 4) is 11.8 Å². The molecule has 0 saturated carbocycles. The van der Waals surface area contributed by atoms with E-state index >= 15 is 0 Å². The Balaban J connectivity index is 1.74. The lowest BCUT2D eigenvalue weighted by atomic mass is 9.98. The van der Waals surface area contributed by atoms with E-state index in [0.29, 0.717) is 22.6 Å². The van der Waals surface area contributed by atoms with Crippen LogP contribution in [-0.2, 0) is 5.60 Å². The van der Waals surface area contributed by atoms with Gasteiger partial charge in [-0.15, -0.1) is 0 Å². The van der Waals surface area contributed by atoms with Crippen molar-refractivity contribution >= 4 is 11.6 Å². The minimum atomic E-state index is -0.698. The van der Waals surface area contributed by atoms with Gasteiger partial charge in [0.1, 0.15) is 17.2 Å². The quantitative estimate of drug-likeness (QED) is 0.662. The van der Waals surface area contributed by atoms with Gasteiger partial charge >= 0.3 is 0 Å². The summed E-state index contributed by atoms with van der Waals surface area (Å²) in [6, 6.07) is 21.7. The fourth-order valence-electron chi connectivity index (χ4n) is 2.74. The fourth-order valence-corrected chi connectivity index (χ4v) is 2.74. The third-order valence-electron chi connectivity index (χ3n) is 4.28. The highest BCUT2D eigenvalue weighted by atomic mass is 19.1. The number of nitrogens with zero attached hydrogens (tertiary/aromatic N) is 1. The first kappa shape index (κ1) is 19.1. The number of rotatable bonds is 5. The van der Waals surface area contributed by atoms with Gasteiger partial charge in [0.05, 0.1) is 11.6 Å². The lowest BCUT2D eigenvalue weighted by Crippen LogP contribution is -2.25. The average molecular weight is 374 g/mol. The topological polar surface area (TPSA) is 62.1 Å². The molecule has 0 atom stereocenters. The second-order valence-corrected chi connectivity index (χ2v) is 6.79. The van der Waals surface area contributed by atoms with Crippen LogP contribution in [-0.4, -0.2) is 5.91 Å². The predicted octanol–water partition coefficient (Wildman–Crippen LogP) is 5.26. The van der Waals surface area contributed by atoms with Gasteiger partial charge in [-0.1, -0.05) is 18.2 Å². The van der Waals surface area contributed by atoms with Gasteiger partial charge in [0, 0.05) is 11.3 Å². The molecule has 28 heavy (non-hydrogen) atoms. The van der Waals surface area contributed by atoms with Crippen LogP contribution < -0.4 is 10.1 Å². The van der Waals surface area contributed by atoms with Gasteiger partial charge in [0.15, 0.2) is 0 Å². The molecule has 0 radical (unpaired) electrons. The zero-order valence-corrected chi connectivity index (χ0v) is 15.6. The molecule has 0 fully saturated rings. The maximum absolute atomic E-state index is 13.2. The van der Waals surface area contributed by atoms with Crippen LogP contribution in [0.25, 0.3) is 0 Å². The van der Waals surface area contributed by atoms with E-state index in [1.54, 1.807) is 60.7 Å². The Labute approximate surface area is 163 Å². The zero-order chi connectivity index (χ0) is 20.1. The van der Waals surface area contributed by atoms with Crippen molar-refractivity contribution in [2.24, 2.45) is 0 Å². The highest BCUT2D eigenvalue weighted by Crippen LogP contribution is 2.28. The van der Waals surface area contributed by atoms with Crippen molar-refractivity contribution in [3.05, 3.63) is 95.3 Å². The summed E-state index contributed by atoms with van der Waals surface area (Å²) >= 11 is 0. The molecule has 5 heteroatoms. The second kappa shape index (κ2) is 7.93. The Hall–Kier alpha value is -3.65. The highest BCUT2D eigenvalue weighted by molar-refractivity contribution is 6.04. The van der Waals surface area contributed by atoms with E-state index < -0.39 is 5.60 Å². The van der Waals surface area contributed by atoms with E-state index in [4.69, 9.17) is 10.00 Å². The molecule has 0 bridgehead atoms. The van der Waals surface area contributed by atoms with E-state index in [1.165, 1.54) is 12.1 Å². The molecule has 0 aliphatic rings. The molecule has 0 saturated heterocycles. The first-order chi connectivity index (χ1) is 13.4. The maximum Gasteiger partial charge on any atom is 0.255 e. The third-order valence-corrected chi connectivity index (χ3v) is 4.28. The summed E-state index contributed by atoms with van der Waals surface area (Å²) in [6.07, 6.45) is 0. The molecule has 0 spiro atoms. The van der Waals surface area contributed by atoms with Gasteiger partial charge in [0.2, 0.25) is 0 Å². The van der Waals surface area contributed by atoms with Crippen molar-refractivity contribution in [1.29, 1.82) is 5.26 Å². The summed E-state index contributed by atoms with van der Waals surface area (Å²) in [6.45, 7) is 3.76. The second-order valence-electron chi connectivity index (χ2n) is 6.79. The molecule has 4 nitrogen and oxygen atoms in total. The van der Waals surface area contributed by atoms with Crippen LogP contribution in [0, 0.1) is 17.1 Å². The lowest BCUT2D eigenvalue weighted by molar-refractivity contribution is 0.101. The number of nitrogens with one attached hydrogen (secondary N) is 1. The van der Waals surface area contributed by atoms with Crippen molar-refractivity contribution in [2.45, 2.75) is 19.4 Å². The SMILES string of the molecule is CC(C)(Oc1cccc(C(=O)Nc2ccc(C#N)cc2)c1)c1ccc(F)cc1. The summed E-state index contributed by atoms with van der Waals surface area (Å²) in [7, 11) is 0. The van der Waals surface area contributed by atoms with Crippen LogP contribution in [0.2, 0.25) is 0 Å². The molecule has 0 aliphatic heterocycles. The van der Waals surface area contributed by atoms with Crippen molar-refractivity contribution < 1.29 is 13.9 Å². The molecule has 1 amide bonds. The van der Waals surface area contributed by atoms with Crippen LogP contribution in [0.15, 0.2) is 72.8 Å². The van der Waals surface area contributed by atoms with Gasteiger partial charge in [-0.25, -0.2) is 4.39 Å². The smallest absolute Gasteiger partial charge is 0.255 e. The fraction of sp³-hybridized carbons (Fsp3) is 0.130. The van der Waals surface area contributed by atoms with Gasteiger partial charge in [-0.2, -0.15) is 5.26 Å². The summed E-state index contributed by atoms with van der Waals surface area (Å²) < 4.78 is 19.2. The van der Waals surface area contributed by atoms with Gasteiger partial charge in [0.25, 0.3) is 5.91 Å². The predicted molar refractivity (Wildman–Crippen MR) is 106 cm³/mol. The van der Waals surface area contributed by atoms with E-state index in [1.807, 2.05) is 19.9 Å². The van der Waals surface area contributed by atoms with Crippen LogP contribution in [0.3, 0.4) is 0 Å². The number of ether oxygens (including phenoxy) is 1. The molecular formula is C23H19FN2O2. The molecule has 1 N–H and O–H groups in total. The number of benzene rings is 3. The largest absolute Gasteiger partial charge is 0.483 e. The minimum absolute atomic E-state index is 0.283. The number of hydrogen-bond donors (Lipinski definition) is 1. The number of nitriles is 1. The van der Waals surface area contributed by atoms with Gasteiger partial charge < -0.3 is 10.1 Å². The molecule has 0 aliphatic carbocycles. The van der Waals surface area contributed by atoms with Crippen molar-refractivity contribution in [3.63, 3.8) is 0 Å². The zero-order valence-electron chi connectivity index (χ0n) is 15.6. The first-order valence-electron chi connectivity index (χ1n) is 8.74. The van der Waals surface area contributed by atoms with E-state index in [9.17, 15) is 9.18 Å². The summed E-state index contributed by atoms with van der Waals surface area (Å²) in [5.41, 5.74) is 1.69. The molecule has 140 valence electrons. The summed E-state index contributed by atoms with van der Waals surface area (Å²) in [5, 5.41) is 11.6. The highest BCUT2D eigenvalue weighted by Gasteiger charge is 2.23. The normalized spacial score (nSPS) is 10.8. The van der Waals surface area contributed by atoms with Crippen molar-refractivity contribution in [1.82, 2.24) is 0 Å². The standard InChI is InChI=1S/C23H19FN2O2/c1-23(2,18-8-10-19(24)11-9-18)28-21-5-3-4-17(14-21)22(27)26-20-12-6-16(15-25)7-13-20/h3-14H,1-2H3,(H,26,27). The van der Waals surface area contributed by atoms with Crippen LogP contribution in [0.4, 0.5) is 10.1 Å². The van der Waals surface area contributed by atoms with Crippen LogP contribution in [0.1, 0.15) is 35.3 Å². The Bertz CT molecular complexity index is 1020. The van der Waals surface area contributed by atoms with Crippen molar-refractivity contribution in [2.75, 3.05) is 5.32 Å². The van der Waals surface area contributed by atoms with E-state index in [2.05, 4.69) is 5.32 Å². The Morgan fingerprint density at radius 1 is 1.04 bits per heavy atom. The van der Waals surface area contributed by atoms with E-state index in [-0.39, 0.29) is 11.7 Å². The Kier molecular flexibility index (Phi) is 5.42. The average Bonchev–Trinajstić information content (AvgIpc) is 2.69. The van der Waals surface area contributed by atoms with E-state index in [0.717, 1.165) is 5.56 Å². The number of carbonyl (C=O) groups excluding carboxylic acids is 1. The molecule has 0 aromatic heterocycles. The van der Waals surface area contributed by atoms with Crippen LogP contribution >= 0.6 is 0 Å². The minimum Gasteiger partial charge on any atom is -0.483 e. The lowest BCUT2D eigenvalue weighted by Gasteiger charge is -2.27. The summed E-state index contributed by atoms with van der Waals surface area (Å²) in [4.78, 5) is 12.5. The number of carbonyl (C=O) groups is 1. The first-order valence-corrected chi connectivity index (χ1v) is 8.74. The number of anilines is 1. The van der Waals surface area contributed by atoms with Crippen LogP contribution in [0.5, 0.6) is 5.75 Å². The Morgan fingerprint density at radius 2 is 1.71 bits per heavy atom.